The number of aldehydes is 1. The Morgan fingerprint density at radius 3 is 2.60 bits per heavy atom. The molecule has 1 saturated carbocycles. The summed E-state index contributed by atoms with van der Waals surface area (Å²) in [4.78, 5) is 25.0. The number of alkyl halides is 3. The van der Waals surface area contributed by atoms with E-state index in [4.69, 9.17) is 4.74 Å². The largest absolute Gasteiger partial charge is 0.451 e. The third-order valence-electron chi connectivity index (χ3n) is 9.08. The number of ether oxygens (including phenoxy) is 1. The Hall–Kier alpha value is -2.29. The molecule has 1 aromatic heterocycles. The van der Waals surface area contributed by atoms with Crippen molar-refractivity contribution in [2.75, 3.05) is 37.6 Å². The second-order valence-corrected chi connectivity index (χ2v) is 12.5. The van der Waals surface area contributed by atoms with Crippen molar-refractivity contribution < 1.29 is 22.7 Å². The summed E-state index contributed by atoms with van der Waals surface area (Å²) in [6.07, 6.45) is 6.80. The summed E-state index contributed by atoms with van der Waals surface area (Å²) in [6, 6.07) is 3.95. The fourth-order valence-corrected chi connectivity index (χ4v) is 6.86. The van der Waals surface area contributed by atoms with Crippen LogP contribution in [0, 0.1) is 11.3 Å². The van der Waals surface area contributed by atoms with Gasteiger partial charge in [-0.1, -0.05) is 6.07 Å². The monoisotopic (exact) mass is 577 g/mol. The molecule has 1 aliphatic carbocycles. The molecule has 3 heterocycles. The van der Waals surface area contributed by atoms with Crippen molar-refractivity contribution >= 4 is 26.6 Å². The van der Waals surface area contributed by atoms with E-state index >= 15 is 0 Å². The highest BCUT2D eigenvalue weighted by Gasteiger charge is 2.42. The molecule has 2 aromatic rings. The Labute approximate surface area is 236 Å². The third kappa shape index (κ3) is 6.94. The number of carbonyl (C=O) groups is 1. The van der Waals surface area contributed by atoms with Gasteiger partial charge >= 0.3 is 6.18 Å². The van der Waals surface area contributed by atoms with Crippen LogP contribution >= 0.6 is 9.24 Å². The summed E-state index contributed by atoms with van der Waals surface area (Å²) in [7, 11) is 2.58. The highest BCUT2D eigenvalue weighted by atomic mass is 31.0. The summed E-state index contributed by atoms with van der Waals surface area (Å²) in [6.45, 7) is 6.12. The van der Waals surface area contributed by atoms with Gasteiger partial charge in [-0.3, -0.25) is 4.79 Å². The number of carbonyl (C=O) groups excluding carboxylic acids is 1. The molecule has 1 spiro atoms. The van der Waals surface area contributed by atoms with E-state index in [0.29, 0.717) is 28.4 Å². The van der Waals surface area contributed by atoms with Crippen molar-refractivity contribution in [1.82, 2.24) is 20.2 Å². The molecule has 0 amide bonds. The molecule has 0 bridgehead atoms. The van der Waals surface area contributed by atoms with Crippen LogP contribution in [0.15, 0.2) is 30.7 Å². The number of nitrogens with zero attached hydrogens (tertiary/aromatic N) is 4. The van der Waals surface area contributed by atoms with Crippen molar-refractivity contribution in [3.63, 3.8) is 0 Å². The summed E-state index contributed by atoms with van der Waals surface area (Å²) in [5.74, 6) is 2.28. The lowest BCUT2D eigenvalue weighted by Crippen LogP contribution is -2.49. The van der Waals surface area contributed by atoms with Gasteiger partial charge < -0.3 is 19.9 Å². The number of hydrogen-bond acceptors (Lipinski definition) is 7. The maximum Gasteiger partial charge on any atom is 0.403 e. The highest BCUT2D eigenvalue weighted by Crippen LogP contribution is 2.45. The third-order valence-corrected chi connectivity index (χ3v) is 9.44. The predicted octanol–water partition coefficient (Wildman–Crippen LogP) is 4.97. The zero-order valence-corrected chi connectivity index (χ0v) is 24.2. The molecule has 3 aliphatic rings. The molecular weight excluding hydrogens is 538 g/mol. The van der Waals surface area contributed by atoms with Gasteiger partial charge in [-0.05, 0) is 93.7 Å². The van der Waals surface area contributed by atoms with Crippen LogP contribution in [0.1, 0.15) is 62.2 Å². The number of benzene rings is 1. The molecule has 3 fully saturated rings. The van der Waals surface area contributed by atoms with E-state index in [1.54, 1.807) is 18.3 Å². The molecule has 7 nitrogen and oxygen atoms in total. The normalized spacial score (nSPS) is 22.9. The molecule has 40 heavy (non-hydrogen) atoms. The molecule has 3 atom stereocenters. The maximum atomic E-state index is 12.9. The minimum absolute atomic E-state index is 0.0320. The first-order valence-electron chi connectivity index (χ1n) is 14.3. The maximum absolute atomic E-state index is 12.9. The van der Waals surface area contributed by atoms with Crippen LogP contribution < -0.4 is 20.3 Å². The topological polar surface area (TPSA) is 70.6 Å². The van der Waals surface area contributed by atoms with Gasteiger partial charge in [0.05, 0.1) is 11.8 Å². The Kier molecular flexibility index (Phi) is 8.98. The van der Waals surface area contributed by atoms with Gasteiger partial charge in [0.15, 0.2) is 17.9 Å². The Morgan fingerprint density at radius 1 is 1.15 bits per heavy atom. The Balaban J connectivity index is 1.11. The van der Waals surface area contributed by atoms with Gasteiger partial charge in [0.1, 0.15) is 18.1 Å². The fraction of sp³-hybridized carbons (Fsp3) is 0.621. The van der Waals surface area contributed by atoms with E-state index in [1.165, 1.54) is 13.3 Å². The minimum atomic E-state index is -4.18. The van der Waals surface area contributed by atoms with Crippen LogP contribution in [0.25, 0.3) is 0 Å². The zero-order chi connectivity index (χ0) is 28.3. The molecule has 1 N–H and O–H groups in total. The standard InChI is InChI=1S/C29H39F3N5O2P/c1-20(29(30,31)32)35-23-4-7-28(8-5-23)9-12-36(13-10-28)16-21-6-11-37(17-21)27-26(15-33-19-34-27)39-25-3-2-24(40)14-22(25)18-38/h2-3,14-15,18-21,23,35H,4-13,16-17,40H2,1H3. The molecule has 11 heteroatoms. The van der Waals surface area contributed by atoms with E-state index < -0.39 is 12.2 Å². The second kappa shape index (κ2) is 12.3. The number of aromatic nitrogens is 2. The predicted molar refractivity (Wildman–Crippen MR) is 153 cm³/mol. The van der Waals surface area contributed by atoms with Crippen molar-refractivity contribution in [3.8, 4) is 11.5 Å². The van der Waals surface area contributed by atoms with E-state index in [1.807, 2.05) is 6.07 Å². The van der Waals surface area contributed by atoms with Crippen LogP contribution in [-0.2, 0) is 0 Å². The first-order chi connectivity index (χ1) is 19.1. The molecular formula is C29H39F3N5O2P. The molecule has 5 rings (SSSR count). The zero-order valence-electron chi connectivity index (χ0n) is 23.0. The number of rotatable bonds is 8. The van der Waals surface area contributed by atoms with Crippen LogP contribution in [-0.4, -0.2) is 72.1 Å². The summed E-state index contributed by atoms with van der Waals surface area (Å²) in [5.41, 5.74) is 0.769. The first kappa shape index (κ1) is 29.2. The highest BCUT2D eigenvalue weighted by molar-refractivity contribution is 7.27. The number of nitrogens with one attached hydrogen (secondary N) is 1. The van der Waals surface area contributed by atoms with Gasteiger partial charge in [0.25, 0.3) is 0 Å². The first-order valence-corrected chi connectivity index (χ1v) is 14.8. The molecule has 1 aromatic carbocycles. The lowest BCUT2D eigenvalue weighted by Gasteiger charge is -2.47. The number of likely N-dealkylation sites (tertiary alicyclic amines) is 1. The number of anilines is 1. The average Bonchev–Trinajstić information content (AvgIpc) is 3.40. The van der Waals surface area contributed by atoms with E-state index in [-0.39, 0.29) is 6.04 Å². The molecule has 2 saturated heterocycles. The minimum Gasteiger partial charge on any atom is -0.451 e. The molecule has 218 valence electrons. The number of hydrogen-bond donors (Lipinski definition) is 1. The SMILES string of the molecule is CC(NC1CCC2(CC1)CCN(CC1CCN(c3ncncc3Oc3ccc(P)cc3C=O)C1)CC2)C(F)(F)F. The van der Waals surface area contributed by atoms with Crippen LogP contribution in [0.3, 0.4) is 0 Å². The van der Waals surface area contributed by atoms with Gasteiger partial charge in [0, 0.05) is 25.7 Å². The van der Waals surface area contributed by atoms with Crippen molar-refractivity contribution in [3.05, 3.63) is 36.3 Å². The molecule has 0 radical (unpaired) electrons. The van der Waals surface area contributed by atoms with E-state index in [9.17, 15) is 18.0 Å². The second-order valence-electron chi connectivity index (χ2n) is 11.8. The summed E-state index contributed by atoms with van der Waals surface area (Å²) >= 11 is 0. The lowest BCUT2D eigenvalue weighted by molar-refractivity contribution is -0.154. The van der Waals surface area contributed by atoms with Crippen LogP contribution in [0.2, 0.25) is 0 Å². The quantitative estimate of drug-likeness (QED) is 0.351. The average molecular weight is 578 g/mol. The smallest absolute Gasteiger partial charge is 0.403 e. The van der Waals surface area contributed by atoms with Gasteiger partial charge in [-0.15, -0.1) is 9.24 Å². The Bertz CT molecular complexity index is 1160. The van der Waals surface area contributed by atoms with Gasteiger partial charge in [0.2, 0.25) is 0 Å². The van der Waals surface area contributed by atoms with E-state index in [2.05, 4.69) is 34.3 Å². The van der Waals surface area contributed by atoms with E-state index in [0.717, 1.165) is 95.1 Å². The van der Waals surface area contributed by atoms with Gasteiger partial charge in [-0.2, -0.15) is 13.2 Å². The van der Waals surface area contributed by atoms with Crippen molar-refractivity contribution in [1.29, 1.82) is 0 Å². The van der Waals surface area contributed by atoms with Crippen LogP contribution in [0.5, 0.6) is 11.5 Å². The number of halogens is 3. The number of piperidine rings is 1. The fourth-order valence-electron chi connectivity index (χ4n) is 6.58. The van der Waals surface area contributed by atoms with Crippen LogP contribution in [0.4, 0.5) is 19.0 Å². The summed E-state index contributed by atoms with van der Waals surface area (Å²) < 4.78 is 44.9. The van der Waals surface area contributed by atoms with Crippen molar-refractivity contribution in [2.24, 2.45) is 11.3 Å². The summed E-state index contributed by atoms with van der Waals surface area (Å²) in [5, 5.41) is 3.71. The van der Waals surface area contributed by atoms with Crippen molar-refractivity contribution in [2.45, 2.75) is 70.1 Å². The molecule has 3 unspecified atom stereocenters. The molecule has 2 aliphatic heterocycles. The lowest BCUT2D eigenvalue weighted by atomic mass is 9.67. The Morgan fingerprint density at radius 2 is 1.90 bits per heavy atom. The van der Waals surface area contributed by atoms with Gasteiger partial charge in [-0.25, -0.2) is 9.97 Å².